The van der Waals surface area contributed by atoms with Gasteiger partial charge in [0.05, 0.1) is 24.4 Å². The van der Waals surface area contributed by atoms with Crippen molar-refractivity contribution in [2.75, 3.05) is 6.61 Å². The Kier molecular flexibility index (Phi) is 8.99. The van der Waals surface area contributed by atoms with Crippen LogP contribution in [-0.2, 0) is 18.9 Å². The zero-order valence-electron chi connectivity index (χ0n) is 22.7. The van der Waals surface area contributed by atoms with Gasteiger partial charge in [-0.1, -0.05) is 13.5 Å². The Morgan fingerprint density at radius 1 is 0.895 bits per heavy atom. The van der Waals surface area contributed by atoms with Crippen LogP contribution in [0.3, 0.4) is 0 Å². The summed E-state index contributed by atoms with van der Waals surface area (Å²) < 4.78 is 23.6. The summed E-state index contributed by atoms with van der Waals surface area (Å²) in [6, 6.07) is 0. The van der Waals surface area contributed by atoms with E-state index in [1.807, 2.05) is 13.8 Å². The van der Waals surface area contributed by atoms with E-state index >= 15 is 0 Å². The summed E-state index contributed by atoms with van der Waals surface area (Å²) >= 11 is 0. The highest BCUT2D eigenvalue weighted by Gasteiger charge is 2.52. The van der Waals surface area contributed by atoms with Gasteiger partial charge in [-0.2, -0.15) is 0 Å². The van der Waals surface area contributed by atoms with Crippen molar-refractivity contribution in [3.8, 4) is 0 Å². The summed E-state index contributed by atoms with van der Waals surface area (Å²) in [5.41, 5.74) is 0.131. The lowest BCUT2D eigenvalue weighted by Gasteiger charge is -2.54. The Morgan fingerprint density at radius 2 is 1.50 bits per heavy atom. The maximum Gasteiger partial charge on any atom is 0.187 e. The van der Waals surface area contributed by atoms with Gasteiger partial charge in [-0.25, -0.2) is 0 Å². The molecule has 14 atom stereocenters. The molecule has 4 rings (SSSR count). The fourth-order valence-corrected chi connectivity index (χ4v) is 6.77. The van der Waals surface area contributed by atoms with Crippen LogP contribution in [0.4, 0.5) is 0 Å². The monoisotopic (exact) mass is 546 g/mol. The number of fused-ring (bicyclic) bond motifs is 1. The van der Waals surface area contributed by atoms with Crippen molar-refractivity contribution in [3.05, 3.63) is 12.2 Å². The lowest BCUT2D eigenvalue weighted by molar-refractivity contribution is -0.324. The maximum atomic E-state index is 10.5. The molecule has 0 bridgehead atoms. The van der Waals surface area contributed by atoms with Gasteiger partial charge in [0, 0.05) is 0 Å². The van der Waals surface area contributed by atoms with Gasteiger partial charge in [0.2, 0.25) is 0 Å². The number of ether oxygens (including phenoxy) is 4. The Hall–Kier alpha value is -0.700. The molecule has 4 fully saturated rings. The summed E-state index contributed by atoms with van der Waals surface area (Å²) in [5.74, 6) is 0.134. The lowest BCUT2D eigenvalue weighted by atomic mass is 9.54. The number of aliphatic hydroxyl groups is 7. The van der Waals surface area contributed by atoms with Crippen molar-refractivity contribution < 1.29 is 54.7 Å². The Bertz CT molecular complexity index is 836. The molecule has 0 amide bonds. The van der Waals surface area contributed by atoms with Crippen molar-refractivity contribution in [3.63, 3.8) is 0 Å². The third kappa shape index (κ3) is 5.58. The number of hydrogen-bond acceptors (Lipinski definition) is 11. The smallest absolute Gasteiger partial charge is 0.187 e. The normalized spacial score (nSPS) is 50.5. The lowest BCUT2D eigenvalue weighted by Crippen LogP contribution is -2.60. The molecule has 2 saturated carbocycles. The van der Waals surface area contributed by atoms with Crippen LogP contribution in [0.2, 0.25) is 0 Å². The van der Waals surface area contributed by atoms with Crippen LogP contribution in [0, 0.1) is 17.3 Å². The Balaban J connectivity index is 1.44. The molecule has 220 valence electrons. The minimum Gasteiger partial charge on any atom is -0.394 e. The van der Waals surface area contributed by atoms with Crippen LogP contribution >= 0.6 is 0 Å². The molecule has 2 aliphatic heterocycles. The summed E-state index contributed by atoms with van der Waals surface area (Å²) in [4.78, 5) is 0. The van der Waals surface area contributed by atoms with E-state index < -0.39 is 79.7 Å². The van der Waals surface area contributed by atoms with Crippen LogP contribution in [-0.4, -0.2) is 115 Å². The van der Waals surface area contributed by atoms with E-state index in [4.69, 9.17) is 18.9 Å². The van der Waals surface area contributed by atoms with Crippen molar-refractivity contribution in [2.45, 2.75) is 133 Å². The molecule has 7 N–H and O–H groups in total. The average Bonchev–Trinajstić information content (AvgIpc) is 2.87. The first-order chi connectivity index (χ1) is 17.7. The SMILES string of the molecule is C=C1[C@@H](O[C@@H]2O[C@H](CO)[C@@H](O)[C@H](O)[C@H]2O)CC[C@]2(C)CC[C@@H](C(C)(C)O[C@@H]3O[C@@H](C)[C@H](O)[C@@H](O)[C@H]3O)C[C@@H]12. The predicted molar refractivity (Wildman–Crippen MR) is 133 cm³/mol. The molecular weight excluding hydrogens is 500 g/mol. The maximum absolute atomic E-state index is 10.5. The second-order valence-electron chi connectivity index (χ2n) is 12.5. The first-order valence-corrected chi connectivity index (χ1v) is 13.7. The van der Waals surface area contributed by atoms with Crippen LogP contribution in [0.25, 0.3) is 0 Å². The zero-order chi connectivity index (χ0) is 28.2. The van der Waals surface area contributed by atoms with Crippen molar-refractivity contribution >= 4 is 0 Å². The minimum atomic E-state index is -1.51. The van der Waals surface area contributed by atoms with Gasteiger partial charge in [-0.15, -0.1) is 0 Å². The molecule has 4 aliphatic rings. The topological polar surface area (TPSA) is 179 Å². The Labute approximate surface area is 224 Å². The van der Waals surface area contributed by atoms with E-state index in [2.05, 4.69) is 13.5 Å². The largest absolute Gasteiger partial charge is 0.394 e. The van der Waals surface area contributed by atoms with Gasteiger partial charge in [-0.3, -0.25) is 0 Å². The van der Waals surface area contributed by atoms with Gasteiger partial charge in [-0.05, 0) is 75.7 Å². The third-order valence-electron chi connectivity index (χ3n) is 9.62. The molecule has 0 aromatic rings. The molecule has 0 unspecified atom stereocenters. The fourth-order valence-electron chi connectivity index (χ4n) is 6.77. The van der Waals surface area contributed by atoms with E-state index in [0.29, 0.717) is 6.42 Å². The highest BCUT2D eigenvalue weighted by Crippen LogP contribution is 2.56. The number of hydrogen-bond donors (Lipinski definition) is 7. The second-order valence-corrected chi connectivity index (χ2v) is 12.5. The Morgan fingerprint density at radius 3 is 2.16 bits per heavy atom. The van der Waals surface area contributed by atoms with Crippen LogP contribution in [0.15, 0.2) is 12.2 Å². The molecule has 0 aromatic carbocycles. The summed E-state index contributed by atoms with van der Waals surface area (Å²) in [5, 5.41) is 70.9. The van der Waals surface area contributed by atoms with E-state index in [0.717, 1.165) is 31.3 Å². The van der Waals surface area contributed by atoms with Gasteiger partial charge >= 0.3 is 0 Å². The second kappa shape index (κ2) is 11.3. The molecule has 2 saturated heterocycles. The van der Waals surface area contributed by atoms with Crippen LogP contribution in [0.5, 0.6) is 0 Å². The van der Waals surface area contributed by atoms with Crippen LogP contribution < -0.4 is 0 Å². The molecule has 11 nitrogen and oxygen atoms in total. The molecule has 2 aliphatic carbocycles. The molecular formula is C27H46O11. The molecule has 38 heavy (non-hydrogen) atoms. The van der Waals surface area contributed by atoms with Gasteiger partial charge in [0.15, 0.2) is 12.6 Å². The van der Waals surface area contributed by atoms with Crippen molar-refractivity contribution in [2.24, 2.45) is 17.3 Å². The molecule has 11 heteroatoms. The van der Waals surface area contributed by atoms with Crippen molar-refractivity contribution in [1.29, 1.82) is 0 Å². The quantitative estimate of drug-likeness (QED) is 0.170. The van der Waals surface area contributed by atoms with Crippen LogP contribution in [0.1, 0.15) is 59.8 Å². The van der Waals surface area contributed by atoms with Gasteiger partial charge < -0.3 is 54.7 Å². The van der Waals surface area contributed by atoms with Gasteiger partial charge in [0.25, 0.3) is 0 Å². The van der Waals surface area contributed by atoms with Crippen molar-refractivity contribution in [1.82, 2.24) is 0 Å². The first-order valence-electron chi connectivity index (χ1n) is 13.7. The highest BCUT2D eigenvalue weighted by molar-refractivity contribution is 5.18. The molecule has 0 aromatic heterocycles. The number of rotatable bonds is 6. The number of aliphatic hydroxyl groups excluding tert-OH is 7. The summed E-state index contributed by atoms with van der Waals surface area (Å²) in [6.45, 7) is 11.6. The first kappa shape index (κ1) is 30.3. The van der Waals surface area contributed by atoms with E-state index in [-0.39, 0.29) is 17.3 Å². The highest BCUT2D eigenvalue weighted by atomic mass is 16.7. The van der Waals surface area contributed by atoms with E-state index in [9.17, 15) is 35.7 Å². The third-order valence-corrected chi connectivity index (χ3v) is 9.62. The predicted octanol–water partition coefficient (Wildman–Crippen LogP) is -0.433. The standard InChI is InChI=1S/C27H46O11/c1-12-15-10-14(26(3,4)38-25-23(34)20(31)18(29)13(2)35-25)6-8-27(15,5)9-7-16(12)36-24-22(33)21(32)19(30)17(11-28)37-24/h13-25,28-34H,1,6-11H2,2-5H3/t13-,14+,15-,16-,17+,18-,19+,20+,21-,22+,23+,24+,25-,27-/m0/s1. The molecule has 0 spiro atoms. The van der Waals surface area contributed by atoms with E-state index in [1.165, 1.54) is 0 Å². The molecule has 2 heterocycles. The molecule has 0 radical (unpaired) electrons. The average molecular weight is 547 g/mol. The summed E-state index contributed by atoms with van der Waals surface area (Å²) in [7, 11) is 0. The fraction of sp³-hybridized carbons (Fsp3) is 0.926. The van der Waals surface area contributed by atoms with E-state index in [1.54, 1.807) is 6.92 Å². The zero-order valence-corrected chi connectivity index (χ0v) is 22.7. The summed E-state index contributed by atoms with van der Waals surface area (Å²) in [6.07, 6.45) is -8.80. The minimum absolute atomic E-state index is 0.00538. The van der Waals surface area contributed by atoms with Gasteiger partial charge in [0.1, 0.15) is 42.7 Å².